The number of nitrogens with zero attached hydrogens (tertiary/aromatic N) is 1. The zero-order valence-corrected chi connectivity index (χ0v) is 11.1. The van der Waals surface area contributed by atoms with E-state index in [1.54, 1.807) is 7.11 Å². The van der Waals surface area contributed by atoms with Gasteiger partial charge in [0, 0.05) is 18.5 Å². The molecule has 3 heteroatoms. The quantitative estimate of drug-likeness (QED) is 0.723. The van der Waals surface area contributed by atoms with Gasteiger partial charge in [0.25, 0.3) is 0 Å². The van der Waals surface area contributed by atoms with Crippen molar-refractivity contribution in [3.05, 3.63) is 0 Å². The Hall–Kier alpha value is 0.400. The molecule has 0 radical (unpaired) electrons. The van der Waals surface area contributed by atoms with Crippen molar-refractivity contribution in [1.82, 2.24) is 4.90 Å². The molecule has 0 saturated carbocycles. The number of piperidine rings is 1. The van der Waals surface area contributed by atoms with Crippen LogP contribution < -0.4 is 0 Å². The Morgan fingerprint density at radius 2 is 1.93 bits per heavy atom. The first-order valence-corrected chi connectivity index (χ1v) is 6.44. The number of hydrogen-bond donors (Lipinski definition) is 0. The summed E-state index contributed by atoms with van der Waals surface area (Å²) >= 11 is 3.68. The van der Waals surface area contributed by atoms with Gasteiger partial charge < -0.3 is 9.64 Å². The van der Waals surface area contributed by atoms with Gasteiger partial charge >= 0.3 is 0 Å². The van der Waals surface area contributed by atoms with Crippen LogP contribution in [-0.4, -0.2) is 42.6 Å². The van der Waals surface area contributed by atoms with Gasteiger partial charge in [0.2, 0.25) is 0 Å². The lowest BCUT2D eigenvalue weighted by Crippen LogP contribution is -2.39. The molecular formula is C11H22BrNO. The van der Waals surface area contributed by atoms with Crippen LogP contribution in [0.15, 0.2) is 0 Å². The molecule has 0 aliphatic carbocycles. The molecule has 1 aliphatic rings. The SMILES string of the molecule is COC(C)CN1CCC(C(C)Br)CC1. The first-order valence-electron chi connectivity index (χ1n) is 5.52. The van der Waals surface area contributed by atoms with Gasteiger partial charge in [0.15, 0.2) is 0 Å². The molecule has 2 nitrogen and oxygen atoms in total. The molecule has 0 aromatic heterocycles. The summed E-state index contributed by atoms with van der Waals surface area (Å²) in [6.45, 7) is 7.94. The fraction of sp³-hybridized carbons (Fsp3) is 1.00. The van der Waals surface area contributed by atoms with Crippen molar-refractivity contribution in [1.29, 1.82) is 0 Å². The van der Waals surface area contributed by atoms with Crippen LogP contribution in [0.25, 0.3) is 0 Å². The first kappa shape index (κ1) is 12.5. The molecule has 1 rings (SSSR count). The zero-order chi connectivity index (χ0) is 10.6. The van der Waals surface area contributed by atoms with E-state index in [2.05, 4.69) is 34.7 Å². The van der Waals surface area contributed by atoms with Crippen molar-refractivity contribution >= 4 is 15.9 Å². The van der Waals surface area contributed by atoms with Crippen LogP contribution in [-0.2, 0) is 4.74 Å². The minimum Gasteiger partial charge on any atom is -0.380 e. The molecule has 1 saturated heterocycles. The second-order valence-corrected chi connectivity index (χ2v) is 5.81. The predicted molar refractivity (Wildman–Crippen MR) is 64.0 cm³/mol. The van der Waals surface area contributed by atoms with E-state index in [1.807, 2.05) is 0 Å². The van der Waals surface area contributed by atoms with Gasteiger partial charge in [0.05, 0.1) is 6.10 Å². The van der Waals surface area contributed by atoms with E-state index in [0.29, 0.717) is 10.9 Å². The summed E-state index contributed by atoms with van der Waals surface area (Å²) in [5, 5.41) is 0. The highest BCUT2D eigenvalue weighted by Crippen LogP contribution is 2.24. The van der Waals surface area contributed by atoms with Gasteiger partial charge in [-0.25, -0.2) is 0 Å². The number of ether oxygens (including phenoxy) is 1. The highest BCUT2D eigenvalue weighted by atomic mass is 79.9. The molecule has 1 fully saturated rings. The summed E-state index contributed by atoms with van der Waals surface area (Å²) in [6, 6.07) is 0. The summed E-state index contributed by atoms with van der Waals surface area (Å²) in [6.07, 6.45) is 3.01. The molecule has 84 valence electrons. The third-order valence-electron chi connectivity index (χ3n) is 3.20. The van der Waals surface area contributed by atoms with Crippen LogP contribution in [0.5, 0.6) is 0 Å². The van der Waals surface area contributed by atoms with Gasteiger partial charge in [-0.3, -0.25) is 0 Å². The minimum absolute atomic E-state index is 0.368. The standard InChI is InChI=1S/C11H22BrNO/c1-9(14-3)8-13-6-4-11(5-7-13)10(2)12/h9-11H,4-8H2,1-3H3. The highest BCUT2D eigenvalue weighted by molar-refractivity contribution is 9.09. The Morgan fingerprint density at radius 1 is 1.36 bits per heavy atom. The summed E-state index contributed by atoms with van der Waals surface area (Å²) in [5.74, 6) is 0.865. The predicted octanol–water partition coefficient (Wildman–Crippen LogP) is 2.52. The molecule has 0 N–H and O–H groups in total. The average molecular weight is 264 g/mol. The Balaban J connectivity index is 2.22. The molecule has 0 aromatic rings. The van der Waals surface area contributed by atoms with E-state index in [-0.39, 0.29) is 0 Å². The Labute approximate surface area is 96.1 Å². The number of methoxy groups -OCH3 is 1. The van der Waals surface area contributed by atoms with Crippen molar-refractivity contribution in [2.24, 2.45) is 5.92 Å². The Bertz CT molecular complexity index is 155. The topological polar surface area (TPSA) is 12.5 Å². The van der Waals surface area contributed by atoms with Crippen LogP contribution in [0.2, 0.25) is 0 Å². The Morgan fingerprint density at radius 3 is 2.36 bits per heavy atom. The molecule has 0 bridgehead atoms. The molecule has 1 aliphatic heterocycles. The number of halogens is 1. The molecular weight excluding hydrogens is 242 g/mol. The minimum atomic E-state index is 0.368. The van der Waals surface area contributed by atoms with E-state index in [4.69, 9.17) is 4.74 Å². The largest absolute Gasteiger partial charge is 0.380 e. The molecule has 14 heavy (non-hydrogen) atoms. The maximum Gasteiger partial charge on any atom is 0.0670 e. The fourth-order valence-corrected chi connectivity index (χ4v) is 2.56. The number of likely N-dealkylation sites (tertiary alicyclic amines) is 1. The normalized spacial score (nSPS) is 24.9. The Kier molecular flexibility index (Phi) is 5.42. The second-order valence-electron chi connectivity index (χ2n) is 4.36. The molecule has 0 amide bonds. The van der Waals surface area contributed by atoms with Crippen molar-refractivity contribution in [3.63, 3.8) is 0 Å². The number of hydrogen-bond acceptors (Lipinski definition) is 2. The smallest absolute Gasteiger partial charge is 0.0670 e. The maximum atomic E-state index is 5.28. The van der Waals surface area contributed by atoms with E-state index in [1.165, 1.54) is 25.9 Å². The van der Waals surface area contributed by atoms with Crippen molar-refractivity contribution in [2.45, 2.75) is 37.6 Å². The summed E-state index contributed by atoms with van der Waals surface area (Å²) in [4.78, 5) is 3.18. The van der Waals surface area contributed by atoms with Crippen LogP contribution in [0.3, 0.4) is 0 Å². The van der Waals surface area contributed by atoms with Crippen LogP contribution in [0.4, 0.5) is 0 Å². The number of alkyl halides is 1. The van der Waals surface area contributed by atoms with Crippen molar-refractivity contribution in [2.75, 3.05) is 26.7 Å². The lowest BCUT2D eigenvalue weighted by molar-refractivity contribution is 0.0629. The van der Waals surface area contributed by atoms with Gasteiger partial charge in [0.1, 0.15) is 0 Å². The molecule has 2 atom stereocenters. The fourth-order valence-electron chi connectivity index (χ4n) is 2.03. The lowest BCUT2D eigenvalue weighted by Gasteiger charge is -2.34. The second kappa shape index (κ2) is 6.09. The first-order chi connectivity index (χ1) is 6.63. The van der Waals surface area contributed by atoms with Gasteiger partial charge in [-0.1, -0.05) is 22.9 Å². The van der Waals surface area contributed by atoms with E-state index in [9.17, 15) is 0 Å². The van der Waals surface area contributed by atoms with Crippen LogP contribution in [0.1, 0.15) is 26.7 Å². The summed E-state index contributed by atoms with van der Waals surface area (Å²) < 4.78 is 5.28. The van der Waals surface area contributed by atoms with Gasteiger partial charge in [-0.05, 0) is 38.8 Å². The van der Waals surface area contributed by atoms with Gasteiger partial charge in [-0.2, -0.15) is 0 Å². The molecule has 2 unspecified atom stereocenters. The lowest BCUT2D eigenvalue weighted by atomic mass is 9.94. The van der Waals surface area contributed by atoms with E-state index < -0.39 is 0 Å². The van der Waals surface area contributed by atoms with E-state index >= 15 is 0 Å². The molecule has 0 spiro atoms. The maximum absolute atomic E-state index is 5.28. The van der Waals surface area contributed by atoms with Crippen molar-refractivity contribution in [3.8, 4) is 0 Å². The van der Waals surface area contributed by atoms with Crippen LogP contribution in [0, 0.1) is 5.92 Å². The third kappa shape index (κ3) is 3.87. The van der Waals surface area contributed by atoms with E-state index in [0.717, 1.165) is 12.5 Å². The zero-order valence-electron chi connectivity index (χ0n) is 9.50. The van der Waals surface area contributed by atoms with Crippen molar-refractivity contribution < 1.29 is 4.74 Å². The molecule has 1 heterocycles. The third-order valence-corrected chi connectivity index (χ3v) is 3.95. The summed E-state index contributed by atoms with van der Waals surface area (Å²) in [5.41, 5.74) is 0. The monoisotopic (exact) mass is 263 g/mol. The van der Waals surface area contributed by atoms with Gasteiger partial charge in [-0.15, -0.1) is 0 Å². The highest BCUT2D eigenvalue weighted by Gasteiger charge is 2.22. The van der Waals surface area contributed by atoms with Crippen LogP contribution >= 0.6 is 15.9 Å². The summed E-state index contributed by atoms with van der Waals surface area (Å²) in [7, 11) is 1.79. The average Bonchev–Trinajstić information content (AvgIpc) is 2.18. The molecule has 0 aromatic carbocycles. The number of rotatable bonds is 4.